The van der Waals surface area contributed by atoms with E-state index >= 15 is 0 Å². The highest BCUT2D eigenvalue weighted by Crippen LogP contribution is 2.34. The first kappa shape index (κ1) is 15.4. The van der Waals surface area contributed by atoms with Crippen LogP contribution >= 0.6 is 15.9 Å². The molecule has 0 radical (unpaired) electrons. The molecule has 110 valence electrons. The molecule has 5 nitrogen and oxygen atoms in total. The number of ether oxygens (including phenoxy) is 1. The summed E-state index contributed by atoms with van der Waals surface area (Å²) in [4.78, 5) is 10.3. The number of nitrogens with two attached hydrogens (primary N) is 1. The maximum Gasteiger partial charge on any atom is 0.311 e. The molecule has 0 aliphatic carbocycles. The van der Waals surface area contributed by atoms with Crippen LogP contribution in [0.15, 0.2) is 40.9 Å². The molecule has 1 atom stereocenters. The molecule has 2 N–H and O–H groups in total. The third-order valence-electron chi connectivity index (χ3n) is 2.81. The number of nitro groups is 1. The van der Waals surface area contributed by atoms with E-state index < -0.39 is 10.7 Å². The summed E-state index contributed by atoms with van der Waals surface area (Å²) in [6.45, 7) is 1.83. The molecule has 0 saturated carbocycles. The Morgan fingerprint density at radius 3 is 2.62 bits per heavy atom. The first-order valence-corrected chi connectivity index (χ1v) is 6.84. The number of hydrogen-bond donors (Lipinski definition) is 1. The van der Waals surface area contributed by atoms with Crippen molar-refractivity contribution in [2.24, 2.45) is 5.73 Å². The van der Waals surface area contributed by atoms with Gasteiger partial charge >= 0.3 is 5.69 Å². The minimum Gasteiger partial charge on any atom is -0.450 e. The maximum absolute atomic E-state index is 13.2. The Kier molecular flexibility index (Phi) is 4.54. The molecule has 0 spiro atoms. The molecule has 0 aliphatic rings. The Balaban J connectivity index is 2.36. The normalized spacial score (nSPS) is 12.0. The van der Waals surface area contributed by atoms with Crippen molar-refractivity contribution in [1.29, 1.82) is 0 Å². The standard InChI is InChI=1S/C14H12BrFN2O3/c1-8(17)11-4-3-10(7-12(11)15)21-14-6-9(16)2-5-13(14)18(19)20/h2-8H,17H2,1H3/t8-/m0/s1. The van der Waals surface area contributed by atoms with Crippen molar-refractivity contribution in [3.8, 4) is 11.5 Å². The van der Waals surface area contributed by atoms with Gasteiger partial charge in [0.05, 0.1) is 4.92 Å². The molecule has 0 saturated heterocycles. The fourth-order valence-electron chi connectivity index (χ4n) is 1.79. The zero-order valence-corrected chi connectivity index (χ0v) is 12.6. The van der Waals surface area contributed by atoms with Crippen LogP contribution in [0.2, 0.25) is 0 Å². The Bertz CT molecular complexity index is 692. The predicted octanol–water partition coefficient (Wildman–Crippen LogP) is 4.31. The minimum atomic E-state index is -0.625. The minimum absolute atomic E-state index is 0.152. The van der Waals surface area contributed by atoms with E-state index in [0.717, 1.165) is 23.8 Å². The van der Waals surface area contributed by atoms with E-state index in [2.05, 4.69) is 15.9 Å². The van der Waals surface area contributed by atoms with Crippen molar-refractivity contribution in [1.82, 2.24) is 0 Å². The number of rotatable bonds is 4. The summed E-state index contributed by atoms with van der Waals surface area (Å²) in [5.41, 5.74) is 6.36. The fraction of sp³-hybridized carbons (Fsp3) is 0.143. The third-order valence-corrected chi connectivity index (χ3v) is 3.50. The predicted molar refractivity (Wildman–Crippen MR) is 79.9 cm³/mol. The summed E-state index contributed by atoms with van der Waals surface area (Å²) in [7, 11) is 0. The molecule has 0 unspecified atom stereocenters. The van der Waals surface area contributed by atoms with Crippen molar-refractivity contribution in [3.05, 3.63) is 62.4 Å². The smallest absolute Gasteiger partial charge is 0.311 e. The average molecular weight is 355 g/mol. The van der Waals surface area contributed by atoms with Crippen molar-refractivity contribution in [2.45, 2.75) is 13.0 Å². The van der Waals surface area contributed by atoms with Gasteiger partial charge in [-0.3, -0.25) is 10.1 Å². The monoisotopic (exact) mass is 354 g/mol. The van der Waals surface area contributed by atoms with Gasteiger partial charge in [0.15, 0.2) is 0 Å². The van der Waals surface area contributed by atoms with Gasteiger partial charge in [-0.1, -0.05) is 22.0 Å². The van der Waals surface area contributed by atoms with Crippen LogP contribution in [0.3, 0.4) is 0 Å². The number of hydrogen-bond acceptors (Lipinski definition) is 4. The van der Waals surface area contributed by atoms with Gasteiger partial charge < -0.3 is 10.5 Å². The van der Waals surface area contributed by atoms with E-state index in [1.807, 2.05) is 6.92 Å². The largest absolute Gasteiger partial charge is 0.450 e. The molecule has 0 fully saturated rings. The van der Waals surface area contributed by atoms with Crippen LogP contribution in [0.5, 0.6) is 11.5 Å². The van der Waals surface area contributed by atoms with Crippen LogP contribution in [0.4, 0.5) is 10.1 Å². The Morgan fingerprint density at radius 2 is 2.05 bits per heavy atom. The lowest BCUT2D eigenvalue weighted by molar-refractivity contribution is -0.385. The molecule has 0 aliphatic heterocycles. The van der Waals surface area contributed by atoms with E-state index in [4.69, 9.17) is 10.5 Å². The zero-order valence-electron chi connectivity index (χ0n) is 11.0. The highest BCUT2D eigenvalue weighted by atomic mass is 79.9. The van der Waals surface area contributed by atoms with Crippen LogP contribution in [-0.2, 0) is 0 Å². The summed E-state index contributed by atoms with van der Waals surface area (Å²) in [6.07, 6.45) is 0. The number of halogens is 2. The van der Waals surface area contributed by atoms with Crippen molar-refractivity contribution < 1.29 is 14.1 Å². The lowest BCUT2D eigenvalue weighted by Gasteiger charge is -2.11. The van der Waals surface area contributed by atoms with Crippen LogP contribution in [-0.4, -0.2) is 4.92 Å². The molecule has 7 heteroatoms. The van der Waals surface area contributed by atoms with E-state index in [0.29, 0.717) is 10.2 Å². The second-order valence-electron chi connectivity index (χ2n) is 4.44. The van der Waals surface area contributed by atoms with Crippen molar-refractivity contribution in [2.75, 3.05) is 0 Å². The second-order valence-corrected chi connectivity index (χ2v) is 5.30. The van der Waals surface area contributed by atoms with Crippen LogP contribution in [0.25, 0.3) is 0 Å². The van der Waals surface area contributed by atoms with Gasteiger partial charge in [-0.15, -0.1) is 0 Å². The Hall–Kier alpha value is -1.99. The van der Waals surface area contributed by atoms with Gasteiger partial charge in [0.1, 0.15) is 11.6 Å². The van der Waals surface area contributed by atoms with Gasteiger partial charge in [-0.05, 0) is 30.7 Å². The molecule has 0 amide bonds. The van der Waals surface area contributed by atoms with E-state index in [1.54, 1.807) is 18.2 Å². The molecule has 2 aromatic carbocycles. The summed E-state index contributed by atoms with van der Waals surface area (Å²) in [5.74, 6) is -0.415. The molecular formula is C14H12BrFN2O3. The van der Waals surface area contributed by atoms with Gasteiger partial charge in [-0.25, -0.2) is 4.39 Å². The van der Waals surface area contributed by atoms with Crippen LogP contribution in [0, 0.1) is 15.9 Å². The topological polar surface area (TPSA) is 78.4 Å². The molecule has 0 heterocycles. The lowest BCUT2D eigenvalue weighted by atomic mass is 10.1. The van der Waals surface area contributed by atoms with Crippen LogP contribution in [0.1, 0.15) is 18.5 Å². The van der Waals surface area contributed by atoms with E-state index in [-0.39, 0.29) is 17.5 Å². The maximum atomic E-state index is 13.2. The van der Waals surface area contributed by atoms with E-state index in [9.17, 15) is 14.5 Å². The summed E-state index contributed by atoms with van der Waals surface area (Å²) in [6, 6.07) is 7.89. The van der Waals surface area contributed by atoms with Gasteiger partial charge in [0.2, 0.25) is 5.75 Å². The first-order chi connectivity index (χ1) is 9.88. The van der Waals surface area contributed by atoms with Crippen molar-refractivity contribution >= 4 is 21.6 Å². The average Bonchev–Trinajstić information content (AvgIpc) is 2.37. The van der Waals surface area contributed by atoms with Gasteiger partial charge in [0.25, 0.3) is 0 Å². The molecule has 2 rings (SSSR count). The Morgan fingerprint density at radius 1 is 1.33 bits per heavy atom. The summed E-state index contributed by atoms with van der Waals surface area (Å²) < 4.78 is 19.4. The zero-order chi connectivity index (χ0) is 15.6. The molecular weight excluding hydrogens is 343 g/mol. The molecule has 0 aromatic heterocycles. The Labute approximate surface area is 128 Å². The van der Waals surface area contributed by atoms with Crippen molar-refractivity contribution in [3.63, 3.8) is 0 Å². The second kappa shape index (κ2) is 6.19. The molecule has 0 bridgehead atoms. The highest BCUT2D eigenvalue weighted by molar-refractivity contribution is 9.10. The molecule has 2 aromatic rings. The van der Waals surface area contributed by atoms with Crippen LogP contribution < -0.4 is 10.5 Å². The highest BCUT2D eigenvalue weighted by Gasteiger charge is 2.17. The quantitative estimate of drug-likeness (QED) is 0.655. The number of nitrogens with zero attached hydrogens (tertiary/aromatic N) is 1. The van der Waals surface area contributed by atoms with Gasteiger partial charge in [0, 0.05) is 22.6 Å². The molecule has 21 heavy (non-hydrogen) atoms. The number of benzene rings is 2. The SMILES string of the molecule is C[C@H](N)c1ccc(Oc2cc(F)ccc2[N+](=O)[O-])cc1Br. The summed E-state index contributed by atoms with van der Waals surface area (Å²) >= 11 is 3.36. The fourth-order valence-corrected chi connectivity index (χ4v) is 2.51. The lowest BCUT2D eigenvalue weighted by Crippen LogP contribution is -2.05. The number of nitro benzene ring substituents is 1. The first-order valence-electron chi connectivity index (χ1n) is 6.05. The van der Waals surface area contributed by atoms with Gasteiger partial charge in [-0.2, -0.15) is 0 Å². The van der Waals surface area contributed by atoms with E-state index in [1.165, 1.54) is 0 Å². The third kappa shape index (κ3) is 3.56. The summed E-state index contributed by atoms with van der Waals surface area (Å²) in [5, 5.41) is 10.9.